The summed E-state index contributed by atoms with van der Waals surface area (Å²) in [4.78, 5) is 0. The Morgan fingerprint density at radius 3 is 2.74 bits per heavy atom. The molecule has 2 aromatic carbocycles. The third kappa shape index (κ3) is 3.94. The molecule has 0 heterocycles. The van der Waals surface area contributed by atoms with Gasteiger partial charge in [0.1, 0.15) is 0 Å². The molecule has 100 valence electrons. The van der Waals surface area contributed by atoms with Crippen molar-refractivity contribution in [2.24, 2.45) is 0 Å². The van der Waals surface area contributed by atoms with Crippen molar-refractivity contribution in [3.8, 4) is 0 Å². The Kier molecular flexibility index (Phi) is 5.69. The smallest absolute Gasteiger partial charge is 0.0588 e. The number of halogens is 3. The van der Waals surface area contributed by atoms with Crippen LogP contribution < -0.4 is 5.32 Å². The highest BCUT2D eigenvalue weighted by molar-refractivity contribution is 14.1. The van der Waals surface area contributed by atoms with Crippen molar-refractivity contribution in [1.82, 2.24) is 5.32 Å². The van der Waals surface area contributed by atoms with Gasteiger partial charge < -0.3 is 5.32 Å². The molecule has 2 rings (SSSR count). The summed E-state index contributed by atoms with van der Waals surface area (Å²) < 4.78 is 2.33. The Balaban J connectivity index is 2.48. The lowest BCUT2D eigenvalue weighted by atomic mass is 9.99. The normalized spacial score (nSPS) is 12.4. The van der Waals surface area contributed by atoms with Crippen molar-refractivity contribution in [1.29, 1.82) is 0 Å². The first kappa shape index (κ1) is 15.3. The van der Waals surface area contributed by atoms with Gasteiger partial charge in [-0.2, -0.15) is 0 Å². The molecule has 0 amide bonds. The number of hydrogen-bond acceptors (Lipinski definition) is 1. The van der Waals surface area contributed by atoms with Gasteiger partial charge in [0.2, 0.25) is 0 Å². The van der Waals surface area contributed by atoms with Gasteiger partial charge >= 0.3 is 0 Å². The molecule has 1 unspecified atom stereocenters. The Bertz CT molecular complexity index is 574. The zero-order valence-electron chi connectivity index (χ0n) is 10.5. The molecule has 4 heteroatoms. The molecule has 0 saturated heterocycles. The van der Waals surface area contributed by atoms with Gasteiger partial charge in [-0.05, 0) is 70.6 Å². The average Bonchev–Trinajstić information content (AvgIpc) is 2.39. The van der Waals surface area contributed by atoms with Crippen LogP contribution in [-0.4, -0.2) is 6.54 Å². The van der Waals surface area contributed by atoms with E-state index in [1.807, 2.05) is 18.2 Å². The maximum atomic E-state index is 6.11. The van der Waals surface area contributed by atoms with Crippen LogP contribution in [0.2, 0.25) is 5.02 Å². The predicted octanol–water partition coefficient (Wildman–Crippen LogP) is 5.41. The molecule has 0 spiro atoms. The summed E-state index contributed by atoms with van der Waals surface area (Å²) in [5.74, 6) is 0. The highest BCUT2D eigenvalue weighted by Crippen LogP contribution is 2.31. The Morgan fingerprint density at radius 1 is 1.26 bits per heavy atom. The molecule has 0 fully saturated rings. The molecular formula is C15H14BrClIN. The van der Waals surface area contributed by atoms with Crippen LogP contribution >= 0.6 is 50.1 Å². The van der Waals surface area contributed by atoms with Crippen LogP contribution in [0, 0.1) is 3.57 Å². The largest absolute Gasteiger partial charge is 0.306 e. The summed E-state index contributed by atoms with van der Waals surface area (Å²) in [6, 6.07) is 14.5. The van der Waals surface area contributed by atoms with Gasteiger partial charge in [0.15, 0.2) is 0 Å². The van der Waals surface area contributed by atoms with Crippen LogP contribution in [0.4, 0.5) is 0 Å². The second-order valence-electron chi connectivity index (χ2n) is 4.21. The van der Waals surface area contributed by atoms with Gasteiger partial charge in [-0.15, -0.1) is 0 Å². The van der Waals surface area contributed by atoms with Gasteiger partial charge in [0.05, 0.1) is 6.04 Å². The van der Waals surface area contributed by atoms with E-state index in [4.69, 9.17) is 11.6 Å². The van der Waals surface area contributed by atoms with Crippen LogP contribution in [-0.2, 0) is 0 Å². The van der Waals surface area contributed by atoms with Crippen molar-refractivity contribution >= 4 is 50.1 Å². The second-order valence-corrected chi connectivity index (χ2v) is 6.75. The summed E-state index contributed by atoms with van der Waals surface area (Å²) in [5.41, 5.74) is 2.41. The Morgan fingerprint density at radius 2 is 2.05 bits per heavy atom. The second kappa shape index (κ2) is 7.07. The molecule has 0 saturated carbocycles. The molecule has 2 aromatic rings. The van der Waals surface area contributed by atoms with Gasteiger partial charge in [-0.3, -0.25) is 0 Å². The highest BCUT2D eigenvalue weighted by Gasteiger charge is 2.16. The minimum Gasteiger partial charge on any atom is -0.306 e. The molecule has 0 radical (unpaired) electrons. The fourth-order valence-corrected chi connectivity index (χ4v) is 3.22. The molecule has 0 bridgehead atoms. The molecule has 0 aliphatic carbocycles. The third-order valence-corrected chi connectivity index (χ3v) is 4.49. The standard InChI is InChI=1S/C15H14BrClIN/c1-2-19-15(10-4-3-5-11(17)8-10)13-9-12(18)6-7-14(13)16/h3-9,15,19H,2H2,1H3. The Labute approximate surface area is 141 Å². The van der Waals surface area contributed by atoms with Crippen LogP contribution in [0.3, 0.4) is 0 Å². The molecule has 1 atom stereocenters. The zero-order valence-corrected chi connectivity index (χ0v) is 15.0. The van der Waals surface area contributed by atoms with Gasteiger partial charge in [-0.25, -0.2) is 0 Å². The van der Waals surface area contributed by atoms with E-state index in [-0.39, 0.29) is 6.04 Å². The van der Waals surface area contributed by atoms with E-state index < -0.39 is 0 Å². The van der Waals surface area contributed by atoms with E-state index >= 15 is 0 Å². The summed E-state index contributed by atoms with van der Waals surface area (Å²) in [6.45, 7) is 3.01. The van der Waals surface area contributed by atoms with Crippen molar-refractivity contribution in [2.75, 3.05) is 6.54 Å². The quantitative estimate of drug-likeness (QED) is 0.615. The predicted molar refractivity (Wildman–Crippen MR) is 93.8 cm³/mol. The number of benzene rings is 2. The minimum absolute atomic E-state index is 0.146. The number of hydrogen-bond donors (Lipinski definition) is 1. The molecule has 0 aromatic heterocycles. The van der Waals surface area contributed by atoms with Crippen molar-refractivity contribution in [2.45, 2.75) is 13.0 Å². The topological polar surface area (TPSA) is 12.0 Å². The first-order chi connectivity index (χ1) is 9.11. The summed E-state index contributed by atoms with van der Waals surface area (Å²) in [7, 11) is 0. The summed E-state index contributed by atoms with van der Waals surface area (Å²) in [6.07, 6.45) is 0. The van der Waals surface area contributed by atoms with Gasteiger partial charge in [-0.1, -0.05) is 46.6 Å². The maximum Gasteiger partial charge on any atom is 0.0588 e. The van der Waals surface area contributed by atoms with E-state index in [2.05, 4.69) is 75.0 Å². The monoisotopic (exact) mass is 449 g/mol. The fourth-order valence-electron chi connectivity index (χ4n) is 2.03. The molecule has 1 N–H and O–H groups in total. The van der Waals surface area contributed by atoms with E-state index in [0.717, 1.165) is 16.0 Å². The first-order valence-corrected chi connectivity index (χ1v) is 8.30. The molecular weight excluding hydrogens is 436 g/mol. The zero-order chi connectivity index (χ0) is 13.8. The van der Waals surface area contributed by atoms with Crippen molar-refractivity contribution in [3.05, 3.63) is 66.7 Å². The van der Waals surface area contributed by atoms with Crippen molar-refractivity contribution in [3.63, 3.8) is 0 Å². The lowest BCUT2D eigenvalue weighted by Gasteiger charge is -2.21. The highest BCUT2D eigenvalue weighted by atomic mass is 127. The molecule has 0 aliphatic heterocycles. The van der Waals surface area contributed by atoms with Crippen LogP contribution in [0.15, 0.2) is 46.9 Å². The molecule has 1 nitrogen and oxygen atoms in total. The van der Waals surface area contributed by atoms with Gasteiger partial charge in [0, 0.05) is 13.1 Å². The Hall–Kier alpha value is -0.100. The summed E-state index contributed by atoms with van der Waals surface area (Å²) in [5, 5.41) is 4.28. The first-order valence-electron chi connectivity index (χ1n) is 6.05. The van der Waals surface area contributed by atoms with E-state index in [1.54, 1.807) is 0 Å². The lowest BCUT2D eigenvalue weighted by Crippen LogP contribution is -2.22. The van der Waals surface area contributed by atoms with Crippen LogP contribution in [0.5, 0.6) is 0 Å². The minimum atomic E-state index is 0.146. The van der Waals surface area contributed by atoms with Crippen LogP contribution in [0.25, 0.3) is 0 Å². The van der Waals surface area contributed by atoms with E-state index in [9.17, 15) is 0 Å². The molecule has 0 aliphatic rings. The van der Waals surface area contributed by atoms with E-state index in [0.29, 0.717) is 0 Å². The third-order valence-electron chi connectivity index (χ3n) is 2.86. The van der Waals surface area contributed by atoms with Crippen molar-refractivity contribution < 1.29 is 0 Å². The average molecular weight is 451 g/mol. The van der Waals surface area contributed by atoms with E-state index in [1.165, 1.54) is 14.7 Å². The lowest BCUT2D eigenvalue weighted by molar-refractivity contribution is 0.628. The number of nitrogens with one attached hydrogen (secondary N) is 1. The SMILES string of the molecule is CCNC(c1cccc(Cl)c1)c1cc(I)ccc1Br. The van der Waals surface area contributed by atoms with Gasteiger partial charge in [0.25, 0.3) is 0 Å². The molecule has 19 heavy (non-hydrogen) atoms. The summed E-state index contributed by atoms with van der Waals surface area (Å²) >= 11 is 12.1. The maximum absolute atomic E-state index is 6.11. The number of rotatable bonds is 4. The van der Waals surface area contributed by atoms with Crippen LogP contribution in [0.1, 0.15) is 24.1 Å². The fraction of sp³-hybridized carbons (Fsp3) is 0.200.